The molecule has 8 nitrogen and oxygen atoms in total. The molecule has 0 spiro atoms. The molecule has 0 unspecified atom stereocenters. The van der Waals surface area contributed by atoms with Crippen LogP contribution in [0.4, 0.5) is 17.5 Å². The molecular formula is C23H27N5O3. The minimum atomic E-state index is 0.0148. The van der Waals surface area contributed by atoms with E-state index in [-0.39, 0.29) is 5.91 Å². The third-order valence-corrected chi connectivity index (χ3v) is 5.33. The second-order valence-electron chi connectivity index (χ2n) is 7.65. The van der Waals surface area contributed by atoms with Gasteiger partial charge in [-0.15, -0.1) is 0 Å². The number of aromatic nitrogens is 2. The number of aryl methyl sites for hydroxylation is 3. The lowest BCUT2D eigenvalue weighted by atomic mass is 10.2. The van der Waals surface area contributed by atoms with E-state index in [9.17, 15) is 4.79 Å². The maximum absolute atomic E-state index is 12.8. The molecule has 0 radical (unpaired) electrons. The predicted octanol–water partition coefficient (Wildman–Crippen LogP) is 3.71. The zero-order chi connectivity index (χ0) is 22.0. The number of nitrogens with one attached hydrogen (secondary N) is 1. The summed E-state index contributed by atoms with van der Waals surface area (Å²) in [5.74, 6) is 3.64. The minimum absolute atomic E-state index is 0.0148. The van der Waals surface area contributed by atoms with Crippen molar-refractivity contribution in [2.45, 2.75) is 20.8 Å². The van der Waals surface area contributed by atoms with Crippen LogP contribution in [-0.4, -0.2) is 54.1 Å². The lowest BCUT2D eigenvalue weighted by molar-refractivity contribution is 0.0744. The van der Waals surface area contributed by atoms with Crippen LogP contribution >= 0.6 is 0 Å². The Morgan fingerprint density at radius 3 is 2.35 bits per heavy atom. The van der Waals surface area contributed by atoms with E-state index >= 15 is 0 Å². The lowest BCUT2D eigenvalue weighted by Crippen LogP contribution is -2.49. The van der Waals surface area contributed by atoms with Crippen LogP contribution in [0.1, 0.15) is 27.6 Å². The largest absolute Gasteiger partial charge is 0.497 e. The predicted molar refractivity (Wildman–Crippen MR) is 119 cm³/mol. The number of benzene rings is 1. The van der Waals surface area contributed by atoms with Crippen molar-refractivity contribution in [1.82, 2.24) is 14.9 Å². The molecule has 8 heteroatoms. The first-order valence-electron chi connectivity index (χ1n) is 10.3. The van der Waals surface area contributed by atoms with E-state index in [1.807, 2.05) is 62.1 Å². The smallest absolute Gasteiger partial charge is 0.257 e. The Kier molecular flexibility index (Phi) is 5.79. The zero-order valence-electron chi connectivity index (χ0n) is 18.3. The zero-order valence-corrected chi connectivity index (χ0v) is 18.3. The maximum Gasteiger partial charge on any atom is 0.257 e. The first kappa shape index (κ1) is 20.7. The van der Waals surface area contributed by atoms with E-state index in [1.54, 1.807) is 7.11 Å². The average Bonchev–Trinajstić information content (AvgIpc) is 3.11. The van der Waals surface area contributed by atoms with Crippen molar-refractivity contribution in [1.29, 1.82) is 0 Å². The SMILES string of the molecule is COc1ccc(Nc2cc(C)nc(N3CCN(C(=O)c4cc(C)oc4C)CC3)n2)cc1. The Balaban J connectivity index is 1.43. The standard InChI is InChI=1S/C23H27N5O3/c1-15-13-21(25-18-5-7-19(30-4)8-6-18)26-23(24-15)28-11-9-27(10-12-28)22(29)20-14-16(2)31-17(20)3/h5-8,13-14H,9-12H2,1-4H3,(H,24,25,26). The van der Waals surface area contributed by atoms with Gasteiger partial charge in [0.2, 0.25) is 5.95 Å². The number of piperazine rings is 1. The van der Waals surface area contributed by atoms with E-state index in [1.165, 1.54) is 0 Å². The summed E-state index contributed by atoms with van der Waals surface area (Å²) < 4.78 is 10.7. The molecule has 1 aromatic carbocycles. The van der Waals surface area contributed by atoms with Gasteiger partial charge in [0, 0.05) is 43.6 Å². The molecule has 0 bridgehead atoms. The van der Waals surface area contributed by atoms with E-state index in [2.05, 4.69) is 15.2 Å². The van der Waals surface area contributed by atoms with Crippen molar-refractivity contribution in [3.05, 3.63) is 59.2 Å². The van der Waals surface area contributed by atoms with Crippen molar-refractivity contribution in [3.8, 4) is 5.75 Å². The summed E-state index contributed by atoms with van der Waals surface area (Å²) in [5.41, 5.74) is 2.44. The molecule has 3 aromatic rings. The number of carbonyl (C=O) groups excluding carboxylic acids is 1. The molecule has 0 aliphatic carbocycles. The van der Waals surface area contributed by atoms with Crippen LogP contribution in [0.25, 0.3) is 0 Å². The van der Waals surface area contributed by atoms with Crippen LogP contribution in [-0.2, 0) is 0 Å². The fourth-order valence-electron chi connectivity index (χ4n) is 3.70. The summed E-state index contributed by atoms with van der Waals surface area (Å²) in [6.07, 6.45) is 0. The van der Waals surface area contributed by atoms with Gasteiger partial charge in [-0.2, -0.15) is 4.98 Å². The van der Waals surface area contributed by atoms with E-state index < -0.39 is 0 Å². The van der Waals surface area contributed by atoms with Gasteiger partial charge in [0.15, 0.2) is 0 Å². The first-order valence-corrected chi connectivity index (χ1v) is 10.3. The van der Waals surface area contributed by atoms with Crippen molar-refractivity contribution in [2.75, 3.05) is 43.5 Å². The second-order valence-corrected chi connectivity index (χ2v) is 7.65. The van der Waals surface area contributed by atoms with Crippen LogP contribution in [0.3, 0.4) is 0 Å². The summed E-state index contributed by atoms with van der Waals surface area (Å²) in [6.45, 7) is 8.21. The van der Waals surface area contributed by atoms with Gasteiger partial charge < -0.3 is 24.3 Å². The van der Waals surface area contributed by atoms with Crippen molar-refractivity contribution < 1.29 is 13.9 Å². The molecule has 1 aliphatic heterocycles. The van der Waals surface area contributed by atoms with Crippen LogP contribution in [0.15, 0.2) is 40.8 Å². The molecule has 31 heavy (non-hydrogen) atoms. The molecule has 2 aromatic heterocycles. The third kappa shape index (κ3) is 4.63. The lowest BCUT2D eigenvalue weighted by Gasteiger charge is -2.34. The highest BCUT2D eigenvalue weighted by atomic mass is 16.5. The van der Waals surface area contributed by atoms with Gasteiger partial charge in [-0.25, -0.2) is 4.98 Å². The molecule has 162 valence electrons. The summed E-state index contributed by atoms with van der Waals surface area (Å²) in [5, 5.41) is 3.32. The first-order chi connectivity index (χ1) is 14.9. The van der Waals surface area contributed by atoms with Gasteiger partial charge in [0.1, 0.15) is 23.1 Å². The number of nitrogens with zero attached hydrogens (tertiary/aromatic N) is 4. The van der Waals surface area contributed by atoms with E-state index in [0.29, 0.717) is 43.5 Å². The Morgan fingerprint density at radius 2 is 1.74 bits per heavy atom. The average molecular weight is 422 g/mol. The molecule has 0 saturated carbocycles. The van der Waals surface area contributed by atoms with Crippen LogP contribution < -0.4 is 15.0 Å². The van der Waals surface area contributed by atoms with Crippen LogP contribution in [0, 0.1) is 20.8 Å². The van der Waals surface area contributed by atoms with Gasteiger partial charge in [0.05, 0.1) is 12.7 Å². The van der Waals surface area contributed by atoms with Gasteiger partial charge in [-0.3, -0.25) is 4.79 Å². The Labute approximate surface area is 181 Å². The monoisotopic (exact) mass is 421 g/mol. The Morgan fingerprint density at radius 1 is 1.03 bits per heavy atom. The molecule has 3 heterocycles. The highest BCUT2D eigenvalue weighted by Gasteiger charge is 2.26. The number of anilines is 3. The third-order valence-electron chi connectivity index (χ3n) is 5.33. The van der Waals surface area contributed by atoms with Crippen molar-refractivity contribution in [3.63, 3.8) is 0 Å². The van der Waals surface area contributed by atoms with E-state index in [4.69, 9.17) is 14.1 Å². The van der Waals surface area contributed by atoms with Crippen LogP contribution in [0.2, 0.25) is 0 Å². The molecule has 1 N–H and O–H groups in total. The molecule has 4 rings (SSSR count). The maximum atomic E-state index is 12.8. The Bertz CT molecular complexity index is 1070. The summed E-state index contributed by atoms with van der Waals surface area (Å²) in [4.78, 5) is 26.1. The number of hydrogen-bond donors (Lipinski definition) is 1. The van der Waals surface area contributed by atoms with Gasteiger partial charge in [-0.05, 0) is 51.1 Å². The molecule has 1 fully saturated rings. The molecule has 1 saturated heterocycles. The highest BCUT2D eigenvalue weighted by molar-refractivity contribution is 5.95. The quantitative estimate of drug-likeness (QED) is 0.672. The topological polar surface area (TPSA) is 83.7 Å². The molecule has 0 atom stereocenters. The number of amides is 1. The summed E-state index contributed by atoms with van der Waals surface area (Å²) >= 11 is 0. The van der Waals surface area contributed by atoms with Crippen LogP contribution in [0.5, 0.6) is 5.75 Å². The van der Waals surface area contributed by atoms with Gasteiger partial charge in [0.25, 0.3) is 5.91 Å². The number of methoxy groups -OCH3 is 1. The summed E-state index contributed by atoms with van der Waals surface area (Å²) in [7, 11) is 1.65. The fourth-order valence-corrected chi connectivity index (χ4v) is 3.70. The Hall–Kier alpha value is -3.55. The number of rotatable bonds is 5. The number of hydrogen-bond acceptors (Lipinski definition) is 7. The molecule has 1 aliphatic rings. The number of ether oxygens (including phenoxy) is 1. The normalized spacial score (nSPS) is 13.9. The highest BCUT2D eigenvalue weighted by Crippen LogP contribution is 2.22. The number of carbonyl (C=O) groups is 1. The number of furan rings is 1. The van der Waals surface area contributed by atoms with Gasteiger partial charge in [-0.1, -0.05) is 0 Å². The van der Waals surface area contributed by atoms with Crippen molar-refractivity contribution >= 4 is 23.4 Å². The molecular weight excluding hydrogens is 394 g/mol. The van der Waals surface area contributed by atoms with Crippen molar-refractivity contribution in [2.24, 2.45) is 0 Å². The van der Waals surface area contributed by atoms with Gasteiger partial charge >= 0.3 is 0 Å². The minimum Gasteiger partial charge on any atom is -0.497 e. The summed E-state index contributed by atoms with van der Waals surface area (Å²) in [6, 6.07) is 11.4. The second kappa shape index (κ2) is 8.67. The van der Waals surface area contributed by atoms with E-state index in [0.717, 1.165) is 28.7 Å². The fraction of sp³-hybridized carbons (Fsp3) is 0.348. The molecule has 1 amide bonds.